The predicted molar refractivity (Wildman–Crippen MR) is 114 cm³/mol. The maximum atomic E-state index is 12.9. The zero-order valence-electron chi connectivity index (χ0n) is 16.9. The minimum absolute atomic E-state index is 0.00108. The molecule has 28 heavy (non-hydrogen) atoms. The van der Waals surface area contributed by atoms with E-state index in [1.54, 1.807) is 0 Å². The Morgan fingerprint density at radius 3 is 2.50 bits per heavy atom. The van der Waals surface area contributed by atoms with Crippen molar-refractivity contribution in [2.24, 2.45) is 5.41 Å². The first-order valence-corrected chi connectivity index (χ1v) is 9.79. The van der Waals surface area contributed by atoms with E-state index in [1.165, 1.54) is 0 Å². The highest BCUT2D eigenvalue weighted by Gasteiger charge is 2.23. The molecule has 1 heterocycles. The molecule has 3 N–H and O–H groups in total. The van der Waals surface area contributed by atoms with Gasteiger partial charge in [0.1, 0.15) is 0 Å². The van der Waals surface area contributed by atoms with Gasteiger partial charge in [-0.3, -0.25) is 9.59 Å². The zero-order valence-corrected chi connectivity index (χ0v) is 16.9. The predicted octanol–water partition coefficient (Wildman–Crippen LogP) is 4.17. The molecular formula is C23H29N3O2. The van der Waals surface area contributed by atoms with Crippen molar-refractivity contribution >= 4 is 28.9 Å². The fraction of sp³-hybridized carbons (Fsp3) is 0.391. The summed E-state index contributed by atoms with van der Waals surface area (Å²) >= 11 is 0. The average Bonchev–Trinajstić information content (AvgIpc) is 2.61. The number of nitrogen functional groups attached to an aromatic ring is 1. The molecule has 0 spiro atoms. The van der Waals surface area contributed by atoms with E-state index >= 15 is 0 Å². The van der Waals surface area contributed by atoms with Crippen LogP contribution in [0.25, 0.3) is 0 Å². The third kappa shape index (κ3) is 4.91. The smallest absolute Gasteiger partial charge is 0.231 e. The van der Waals surface area contributed by atoms with Gasteiger partial charge in [0, 0.05) is 30.0 Å². The highest BCUT2D eigenvalue weighted by Crippen LogP contribution is 2.31. The third-order valence-corrected chi connectivity index (χ3v) is 4.87. The second kappa shape index (κ2) is 8.05. The molecule has 0 saturated heterocycles. The Labute approximate surface area is 166 Å². The highest BCUT2D eigenvalue weighted by molar-refractivity contribution is 5.97. The van der Waals surface area contributed by atoms with Crippen LogP contribution in [0.3, 0.4) is 0 Å². The fourth-order valence-electron chi connectivity index (χ4n) is 3.57. The van der Waals surface area contributed by atoms with E-state index in [-0.39, 0.29) is 17.2 Å². The summed E-state index contributed by atoms with van der Waals surface area (Å²) in [4.78, 5) is 26.8. The molecule has 0 unspecified atom stereocenters. The van der Waals surface area contributed by atoms with Crippen LogP contribution in [0.4, 0.5) is 17.1 Å². The number of hydrogen-bond acceptors (Lipinski definition) is 3. The van der Waals surface area contributed by atoms with E-state index in [1.807, 2.05) is 68.1 Å². The van der Waals surface area contributed by atoms with E-state index in [9.17, 15) is 9.59 Å². The van der Waals surface area contributed by atoms with Gasteiger partial charge in [0.05, 0.1) is 6.42 Å². The lowest BCUT2D eigenvalue weighted by molar-refractivity contribution is -0.118. The lowest BCUT2D eigenvalue weighted by Crippen LogP contribution is -2.36. The van der Waals surface area contributed by atoms with Gasteiger partial charge in [0.2, 0.25) is 11.8 Å². The summed E-state index contributed by atoms with van der Waals surface area (Å²) in [6, 6.07) is 13.3. The lowest BCUT2D eigenvalue weighted by Gasteiger charge is -2.30. The molecule has 0 radical (unpaired) electrons. The van der Waals surface area contributed by atoms with Gasteiger partial charge >= 0.3 is 0 Å². The largest absolute Gasteiger partial charge is 0.398 e. The summed E-state index contributed by atoms with van der Waals surface area (Å²) in [6.07, 6.45) is 2.62. The number of anilines is 3. The third-order valence-electron chi connectivity index (χ3n) is 4.87. The number of fused-ring (bicyclic) bond motifs is 1. The van der Waals surface area contributed by atoms with E-state index < -0.39 is 0 Å². The van der Waals surface area contributed by atoms with E-state index in [2.05, 4.69) is 5.32 Å². The normalized spacial score (nSPS) is 13.8. The first-order chi connectivity index (χ1) is 13.2. The van der Waals surface area contributed by atoms with E-state index in [4.69, 9.17) is 5.73 Å². The number of benzene rings is 2. The van der Waals surface area contributed by atoms with Crippen molar-refractivity contribution in [1.29, 1.82) is 0 Å². The molecule has 0 aliphatic carbocycles. The van der Waals surface area contributed by atoms with Gasteiger partial charge in [-0.15, -0.1) is 0 Å². The molecule has 5 heteroatoms. The van der Waals surface area contributed by atoms with Crippen molar-refractivity contribution in [2.75, 3.05) is 22.5 Å². The Bertz CT molecular complexity index is 866. The molecule has 3 rings (SSSR count). The summed E-state index contributed by atoms with van der Waals surface area (Å²) in [7, 11) is 0. The first-order valence-electron chi connectivity index (χ1n) is 9.79. The fourth-order valence-corrected chi connectivity index (χ4v) is 3.57. The van der Waals surface area contributed by atoms with Crippen LogP contribution in [0.15, 0.2) is 42.5 Å². The van der Waals surface area contributed by atoms with Crippen molar-refractivity contribution in [3.05, 3.63) is 53.6 Å². The zero-order chi connectivity index (χ0) is 20.3. The average molecular weight is 380 g/mol. The number of nitrogens with two attached hydrogens (primary N) is 1. The van der Waals surface area contributed by atoms with Gasteiger partial charge in [-0.1, -0.05) is 39.0 Å². The molecule has 0 fully saturated rings. The van der Waals surface area contributed by atoms with Crippen LogP contribution in [0.5, 0.6) is 0 Å². The molecule has 0 aromatic heterocycles. The molecule has 1 aliphatic heterocycles. The minimum Gasteiger partial charge on any atom is -0.398 e. The van der Waals surface area contributed by atoms with Gasteiger partial charge in [-0.25, -0.2) is 0 Å². The van der Waals surface area contributed by atoms with Crippen LogP contribution in [-0.2, 0) is 22.4 Å². The van der Waals surface area contributed by atoms with Crippen LogP contribution in [0.1, 0.15) is 44.7 Å². The Balaban J connectivity index is 1.64. The number of nitrogens with one attached hydrogen (secondary N) is 1. The lowest BCUT2D eigenvalue weighted by atomic mass is 9.92. The summed E-state index contributed by atoms with van der Waals surface area (Å²) in [5.41, 5.74) is 10.5. The molecule has 2 aromatic carbocycles. The van der Waals surface area contributed by atoms with Crippen LogP contribution in [0.2, 0.25) is 0 Å². The molecule has 148 valence electrons. The number of amides is 2. The number of carbonyl (C=O) groups excluding carboxylic acids is 2. The topological polar surface area (TPSA) is 75.4 Å². The van der Waals surface area contributed by atoms with Crippen molar-refractivity contribution in [3.8, 4) is 0 Å². The molecule has 2 aromatic rings. The van der Waals surface area contributed by atoms with Crippen molar-refractivity contribution in [2.45, 2.75) is 46.5 Å². The Morgan fingerprint density at radius 2 is 1.82 bits per heavy atom. The van der Waals surface area contributed by atoms with Crippen LogP contribution in [0, 0.1) is 5.41 Å². The van der Waals surface area contributed by atoms with Crippen LogP contribution in [-0.4, -0.2) is 18.4 Å². The molecule has 5 nitrogen and oxygen atoms in total. The first kappa shape index (κ1) is 19.9. The monoisotopic (exact) mass is 379 g/mol. The highest BCUT2D eigenvalue weighted by atomic mass is 16.2. The summed E-state index contributed by atoms with van der Waals surface area (Å²) in [5.74, 6) is 0.0647. The Hall–Kier alpha value is -2.82. The maximum absolute atomic E-state index is 12.9. The van der Waals surface area contributed by atoms with Crippen molar-refractivity contribution in [3.63, 3.8) is 0 Å². The maximum Gasteiger partial charge on any atom is 0.231 e. The molecule has 0 saturated carbocycles. The molecule has 1 aliphatic rings. The number of hydrogen-bond donors (Lipinski definition) is 2. The summed E-state index contributed by atoms with van der Waals surface area (Å²) < 4.78 is 0. The molecule has 0 atom stereocenters. The Kier molecular flexibility index (Phi) is 5.73. The quantitative estimate of drug-likeness (QED) is 0.783. The summed E-state index contributed by atoms with van der Waals surface area (Å²) in [6.45, 7) is 6.82. The summed E-state index contributed by atoms with van der Waals surface area (Å²) in [5, 5.41) is 2.91. The van der Waals surface area contributed by atoms with Gasteiger partial charge < -0.3 is 16.0 Å². The van der Waals surface area contributed by atoms with Crippen LogP contribution < -0.4 is 16.0 Å². The minimum atomic E-state index is -0.0510. The molecule has 2 amide bonds. The van der Waals surface area contributed by atoms with Gasteiger partial charge in [0.15, 0.2) is 0 Å². The number of nitrogens with zero attached hydrogens (tertiary/aromatic N) is 1. The van der Waals surface area contributed by atoms with Crippen molar-refractivity contribution in [1.82, 2.24) is 0 Å². The van der Waals surface area contributed by atoms with Crippen molar-refractivity contribution < 1.29 is 9.59 Å². The van der Waals surface area contributed by atoms with Gasteiger partial charge in [-0.2, -0.15) is 0 Å². The van der Waals surface area contributed by atoms with E-state index in [0.29, 0.717) is 12.8 Å². The SMILES string of the molecule is CC(C)(C)CC(=O)Nc1ccc(CC(=O)N2CCCc3c(N)cccc32)cc1. The molecular weight excluding hydrogens is 350 g/mol. The Morgan fingerprint density at radius 1 is 1.11 bits per heavy atom. The standard InChI is InChI=1S/C23H29N3O2/c1-23(2,3)15-21(27)25-17-11-9-16(10-12-17)14-22(28)26-13-5-6-18-19(24)7-4-8-20(18)26/h4,7-12H,5-6,13-15,24H2,1-3H3,(H,25,27). The number of carbonyl (C=O) groups is 2. The molecule has 0 bridgehead atoms. The van der Waals surface area contributed by atoms with Crippen LogP contribution >= 0.6 is 0 Å². The second-order valence-corrected chi connectivity index (χ2v) is 8.65. The van der Waals surface area contributed by atoms with Gasteiger partial charge in [-0.05, 0) is 53.6 Å². The second-order valence-electron chi connectivity index (χ2n) is 8.65. The van der Waals surface area contributed by atoms with Gasteiger partial charge in [0.25, 0.3) is 0 Å². The van der Waals surface area contributed by atoms with E-state index in [0.717, 1.165) is 47.6 Å². The number of rotatable bonds is 4.